The van der Waals surface area contributed by atoms with Crippen LogP contribution in [0.1, 0.15) is 13.8 Å². The first-order chi connectivity index (χ1) is 10.5. The van der Waals surface area contributed by atoms with Crippen molar-refractivity contribution in [2.75, 3.05) is 39.3 Å². The van der Waals surface area contributed by atoms with Crippen molar-refractivity contribution >= 4 is 11.9 Å². The van der Waals surface area contributed by atoms with Crippen molar-refractivity contribution in [1.82, 2.24) is 20.8 Å². The standard InChI is InChI=1S/C14H24N4O4/c1-11-9-17(7-5-15-11)21-13(19)3-4-14(20)22-18-8-6-16-12(2)10-18/h3-4,11-12,15-16H,5-10H2,1-2H3/b4-3-. The van der Waals surface area contributed by atoms with E-state index < -0.39 is 11.9 Å². The van der Waals surface area contributed by atoms with E-state index in [1.807, 2.05) is 13.8 Å². The van der Waals surface area contributed by atoms with E-state index in [9.17, 15) is 9.59 Å². The lowest BCUT2D eigenvalue weighted by Gasteiger charge is -2.30. The van der Waals surface area contributed by atoms with Crippen LogP contribution in [0.5, 0.6) is 0 Å². The summed E-state index contributed by atoms with van der Waals surface area (Å²) in [6.07, 6.45) is 2.20. The van der Waals surface area contributed by atoms with Crippen LogP contribution in [0.25, 0.3) is 0 Å². The van der Waals surface area contributed by atoms with Gasteiger partial charge in [-0.25, -0.2) is 9.59 Å². The van der Waals surface area contributed by atoms with Gasteiger partial charge >= 0.3 is 11.9 Å². The fourth-order valence-corrected chi connectivity index (χ4v) is 2.41. The zero-order valence-electron chi connectivity index (χ0n) is 13.1. The Morgan fingerprint density at radius 2 is 1.32 bits per heavy atom. The number of hydroxylamine groups is 4. The molecule has 0 bridgehead atoms. The zero-order chi connectivity index (χ0) is 15.9. The summed E-state index contributed by atoms with van der Waals surface area (Å²) in [6, 6.07) is 0.537. The van der Waals surface area contributed by atoms with Crippen LogP contribution >= 0.6 is 0 Å². The van der Waals surface area contributed by atoms with E-state index in [0.717, 1.165) is 25.2 Å². The van der Waals surface area contributed by atoms with Gasteiger partial charge in [0.15, 0.2) is 0 Å². The lowest BCUT2D eigenvalue weighted by atomic mass is 10.3. The second-order valence-electron chi connectivity index (χ2n) is 5.64. The third-order valence-electron chi connectivity index (χ3n) is 3.46. The Hall–Kier alpha value is -1.48. The molecular formula is C14H24N4O4. The van der Waals surface area contributed by atoms with Crippen LogP contribution in [0.15, 0.2) is 12.2 Å². The van der Waals surface area contributed by atoms with Gasteiger partial charge in [0.25, 0.3) is 0 Å². The normalized spacial score (nSPS) is 27.7. The number of piperazine rings is 2. The molecule has 2 heterocycles. The molecule has 2 aliphatic heterocycles. The molecule has 124 valence electrons. The maximum Gasteiger partial charge on any atom is 0.349 e. The second kappa shape index (κ2) is 8.23. The minimum atomic E-state index is -0.570. The predicted octanol–water partition coefficient (Wildman–Crippen LogP) is -0.954. The fraction of sp³-hybridized carbons (Fsp3) is 0.714. The molecule has 22 heavy (non-hydrogen) atoms. The van der Waals surface area contributed by atoms with Gasteiger partial charge in [0, 0.05) is 50.4 Å². The second-order valence-corrected chi connectivity index (χ2v) is 5.64. The number of hydrogen-bond acceptors (Lipinski definition) is 8. The Labute approximate surface area is 130 Å². The number of carbonyl (C=O) groups excluding carboxylic acids is 2. The number of carbonyl (C=O) groups is 2. The summed E-state index contributed by atoms with van der Waals surface area (Å²) in [7, 11) is 0. The Morgan fingerprint density at radius 3 is 1.68 bits per heavy atom. The summed E-state index contributed by atoms with van der Waals surface area (Å²) in [5.74, 6) is -1.14. The van der Waals surface area contributed by atoms with Crippen LogP contribution in [-0.4, -0.2) is 73.4 Å². The number of nitrogens with one attached hydrogen (secondary N) is 2. The molecule has 2 atom stereocenters. The lowest BCUT2D eigenvalue weighted by Crippen LogP contribution is -2.49. The van der Waals surface area contributed by atoms with Crippen molar-refractivity contribution in [3.05, 3.63) is 12.2 Å². The van der Waals surface area contributed by atoms with Crippen molar-refractivity contribution in [3.8, 4) is 0 Å². The highest BCUT2D eigenvalue weighted by Crippen LogP contribution is 2.02. The van der Waals surface area contributed by atoms with E-state index in [4.69, 9.17) is 9.68 Å². The molecule has 0 aromatic heterocycles. The molecule has 0 aliphatic carbocycles. The summed E-state index contributed by atoms with van der Waals surface area (Å²) in [5.41, 5.74) is 0. The first-order valence-electron chi connectivity index (χ1n) is 7.61. The Balaban J connectivity index is 1.70. The van der Waals surface area contributed by atoms with Gasteiger partial charge in [-0.15, -0.1) is 10.1 Å². The molecule has 2 unspecified atom stereocenters. The van der Waals surface area contributed by atoms with Crippen LogP contribution in [0.4, 0.5) is 0 Å². The summed E-state index contributed by atoms with van der Waals surface area (Å²) >= 11 is 0. The highest BCUT2D eigenvalue weighted by Gasteiger charge is 2.20. The number of nitrogens with zero attached hydrogens (tertiary/aromatic N) is 2. The molecule has 8 nitrogen and oxygen atoms in total. The molecule has 0 radical (unpaired) electrons. The lowest BCUT2D eigenvalue weighted by molar-refractivity contribution is -0.191. The van der Waals surface area contributed by atoms with Gasteiger partial charge < -0.3 is 20.3 Å². The highest BCUT2D eigenvalue weighted by atomic mass is 16.7. The van der Waals surface area contributed by atoms with Crippen LogP contribution in [0, 0.1) is 0 Å². The van der Waals surface area contributed by atoms with Crippen molar-refractivity contribution in [1.29, 1.82) is 0 Å². The smallest absolute Gasteiger partial charge is 0.349 e. The number of rotatable bonds is 4. The topological polar surface area (TPSA) is 83.1 Å². The average Bonchev–Trinajstić information content (AvgIpc) is 2.45. The Kier molecular flexibility index (Phi) is 6.32. The minimum absolute atomic E-state index is 0.269. The Bertz CT molecular complexity index is 391. The first-order valence-corrected chi connectivity index (χ1v) is 7.61. The summed E-state index contributed by atoms with van der Waals surface area (Å²) in [6.45, 7) is 8.08. The van der Waals surface area contributed by atoms with Crippen LogP contribution in [0.3, 0.4) is 0 Å². The molecule has 8 heteroatoms. The van der Waals surface area contributed by atoms with Gasteiger partial charge in [-0.05, 0) is 13.8 Å². The molecular weight excluding hydrogens is 288 g/mol. The maximum absolute atomic E-state index is 11.7. The van der Waals surface area contributed by atoms with Gasteiger partial charge in [-0.2, -0.15) is 0 Å². The summed E-state index contributed by atoms with van der Waals surface area (Å²) in [4.78, 5) is 33.6. The molecule has 2 saturated heterocycles. The fourth-order valence-electron chi connectivity index (χ4n) is 2.41. The molecule has 0 amide bonds. The molecule has 0 spiro atoms. The molecule has 0 saturated carbocycles. The van der Waals surface area contributed by atoms with Crippen molar-refractivity contribution in [2.24, 2.45) is 0 Å². The van der Waals surface area contributed by atoms with Gasteiger partial charge in [0.2, 0.25) is 0 Å². The third-order valence-corrected chi connectivity index (χ3v) is 3.46. The largest absolute Gasteiger partial charge is 0.364 e. The SMILES string of the molecule is CC1CN(OC(=O)/C=C\C(=O)ON2CCNC(C)C2)CCN1. The van der Waals surface area contributed by atoms with E-state index in [0.29, 0.717) is 26.2 Å². The molecule has 2 aliphatic rings. The van der Waals surface area contributed by atoms with Crippen LogP contribution in [-0.2, 0) is 19.3 Å². The van der Waals surface area contributed by atoms with Gasteiger partial charge in [0.05, 0.1) is 13.1 Å². The molecule has 2 rings (SSSR count). The van der Waals surface area contributed by atoms with E-state index in [-0.39, 0.29) is 12.1 Å². The zero-order valence-corrected chi connectivity index (χ0v) is 13.1. The quantitative estimate of drug-likeness (QED) is 0.643. The monoisotopic (exact) mass is 312 g/mol. The van der Waals surface area contributed by atoms with E-state index in [1.54, 1.807) is 10.1 Å². The summed E-state index contributed by atoms with van der Waals surface area (Å²) < 4.78 is 0. The summed E-state index contributed by atoms with van der Waals surface area (Å²) in [5, 5.41) is 9.69. The first kappa shape index (κ1) is 16.9. The third kappa shape index (κ3) is 5.72. The van der Waals surface area contributed by atoms with Crippen LogP contribution < -0.4 is 10.6 Å². The van der Waals surface area contributed by atoms with Gasteiger partial charge in [-0.3, -0.25) is 0 Å². The van der Waals surface area contributed by atoms with Crippen molar-refractivity contribution < 1.29 is 19.3 Å². The highest BCUT2D eigenvalue weighted by molar-refractivity contribution is 5.91. The predicted molar refractivity (Wildman–Crippen MR) is 79.4 cm³/mol. The van der Waals surface area contributed by atoms with E-state index in [1.165, 1.54) is 0 Å². The average molecular weight is 312 g/mol. The number of hydrogen-bond donors (Lipinski definition) is 2. The Morgan fingerprint density at radius 1 is 0.909 bits per heavy atom. The van der Waals surface area contributed by atoms with Crippen LogP contribution in [0.2, 0.25) is 0 Å². The molecule has 0 aromatic carbocycles. The van der Waals surface area contributed by atoms with Gasteiger partial charge in [0.1, 0.15) is 0 Å². The van der Waals surface area contributed by atoms with E-state index in [2.05, 4.69) is 10.6 Å². The van der Waals surface area contributed by atoms with Crippen molar-refractivity contribution in [2.45, 2.75) is 25.9 Å². The molecule has 0 aromatic rings. The van der Waals surface area contributed by atoms with E-state index >= 15 is 0 Å². The van der Waals surface area contributed by atoms with Crippen molar-refractivity contribution in [3.63, 3.8) is 0 Å². The van der Waals surface area contributed by atoms with Gasteiger partial charge in [-0.1, -0.05) is 0 Å². The minimum Gasteiger partial charge on any atom is -0.364 e. The molecule has 2 fully saturated rings. The molecule has 2 N–H and O–H groups in total. The maximum atomic E-state index is 11.7.